The van der Waals surface area contributed by atoms with E-state index in [-0.39, 0.29) is 16.8 Å². The Hall–Kier alpha value is -1.45. The quantitative estimate of drug-likeness (QED) is 0.700. The predicted molar refractivity (Wildman–Crippen MR) is 96.9 cm³/mol. The van der Waals surface area contributed by atoms with Crippen molar-refractivity contribution in [3.05, 3.63) is 57.7 Å². The molecule has 0 atom stereocenters. The zero-order valence-corrected chi connectivity index (χ0v) is 15.1. The second kappa shape index (κ2) is 6.58. The van der Waals surface area contributed by atoms with Gasteiger partial charge >= 0.3 is 0 Å². The SMILES string of the molecule is O=C(Nc1ccccc1I)c1cccc(S(=O)(=O)NC2CC2)c1. The summed E-state index contributed by atoms with van der Waals surface area (Å²) >= 11 is 2.13. The molecular weight excluding hydrogens is 427 g/mol. The number of hydrogen-bond donors (Lipinski definition) is 2. The third-order valence-electron chi connectivity index (χ3n) is 3.43. The Morgan fingerprint density at radius 1 is 1.09 bits per heavy atom. The zero-order chi connectivity index (χ0) is 16.4. The van der Waals surface area contributed by atoms with Crippen LogP contribution < -0.4 is 10.0 Å². The number of anilines is 1. The highest BCUT2D eigenvalue weighted by Gasteiger charge is 2.28. The van der Waals surface area contributed by atoms with Gasteiger partial charge in [-0.3, -0.25) is 4.79 Å². The number of hydrogen-bond acceptors (Lipinski definition) is 3. The molecule has 0 bridgehead atoms. The van der Waals surface area contributed by atoms with Gasteiger partial charge in [0, 0.05) is 15.2 Å². The highest BCUT2D eigenvalue weighted by atomic mass is 127. The Bertz CT molecular complexity index is 848. The van der Waals surface area contributed by atoms with E-state index < -0.39 is 10.0 Å². The van der Waals surface area contributed by atoms with Gasteiger partial charge in [-0.2, -0.15) is 0 Å². The molecule has 3 rings (SSSR count). The van der Waals surface area contributed by atoms with Crippen molar-refractivity contribution in [3.63, 3.8) is 0 Å². The van der Waals surface area contributed by atoms with Gasteiger partial charge in [0.2, 0.25) is 10.0 Å². The summed E-state index contributed by atoms with van der Waals surface area (Å²) in [6.45, 7) is 0. The topological polar surface area (TPSA) is 75.3 Å². The monoisotopic (exact) mass is 442 g/mol. The molecule has 120 valence electrons. The van der Waals surface area contributed by atoms with Crippen LogP contribution in [0.4, 0.5) is 5.69 Å². The van der Waals surface area contributed by atoms with Gasteiger partial charge in [0.25, 0.3) is 5.91 Å². The molecular formula is C16H15IN2O3S. The number of para-hydroxylation sites is 1. The van der Waals surface area contributed by atoms with E-state index in [1.54, 1.807) is 18.2 Å². The summed E-state index contributed by atoms with van der Waals surface area (Å²) < 4.78 is 28.0. The highest BCUT2D eigenvalue weighted by Crippen LogP contribution is 2.23. The third-order valence-corrected chi connectivity index (χ3v) is 5.89. The lowest BCUT2D eigenvalue weighted by molar-refractivity contribution is 0.102. The molecule has 2 aromatic rings. The number of sulfonamides is 1. The number of rotatable bonds is 5. The van der Waals surface area contributed by atoms with Crippen LogP contribution in [0.1, 0.15) is 23.2 Å². The van der Waals surface area contributed by atoms with E-state index in [2.05, 4.69) is 32.6 Å². The standard InChI is InChI=1S/C16H15IN2O3S/c17-14-6-1-2-7-15(14)18-16(20)11-4-3-5-13(10-11)23(21,22)19-12-8-9-12/h1-7,10,12,19H,8-9H2,(H,18,20). The molecule has 1 fully saturated rings. The van der Waals surface area contributed by atoms with Crippen molar-refractivity contribution in [2.75, 3.05) is 5.32 Å². The van der Waals surface area contributed by atoms with Crippen LogP contribution in [0.3, 0.4) is 0 Å². The van der Waals surface area contributed by atoms with E-state index in [0.717, 1.165) is 16.4 Å². The molecule has 7 heteroatoms. The summed E-state index contributed by atoms with van der Waals surface area (Å²) in [5.41, 5.74) is 1.01. The van der Waals surface area contributed by atoms with E-state index in [9.17, 15) is 13.2 Å². The smallest absolute Gasteiger partial charge is 0.255 e. The van der Waals surface area contributed by atoms with Gasteiger partial charge in [-0.15, -0.1) is 0 Å². The maximum atomic E-state index is 12.4. The molecule has 2 N–H and O–H groups in total. The van der Waals surface area contributed by atoms with Crippen LogP contribution in [-0.2, 0) is 10.0 Å². The Kier molecular flexibility index (Phi) is 4.69. The molecule has 0 aliphatic heterocycles. The van der Waals surface area contributed by atoms with Crippen molar-refractivity contribution in [3.8, 4) is 0 Å². The van der Waals surface area contributed by atoms with Crippen molar-refractivity contribution >= 4 is 44.2 Å². The zero-order valence-electron chi connectivity index (χ0n) is 12.1. The van der Waals surface area contributed by atoms with Crippen LogP contribution >= 0.6 is 22.6 Å². The first-order valence-corrected chi connectivity index (χ1v) is 9.70. The first-order chi connectivity index (χ1) is 11.0. The Morgan fingerprint density at radius 3 is 2.52 bits per heavy atom. The summed E-state index contributed by atoms with van der Waals surface area (Å²) in [4.78, 5) is 12.5. The van der Waals surface area contributed by atoms with Crippen molar-refractivity contribution in [2.45, 2.75) is 23.8 Å². The molecule has 1 aliphatic carbocycles. The molecule has 0 aromatic heterocycles. The number of carbonyl (C=O) groups is 1. The molecule has 0 saturated heterocycles. The minimum atomic E-state index is -3.57. The minimum Gasteiger partial charge on any atom is -0.321 e. The van der Waals surface area contributed by atoms with Crippen LogP contribution in [-0.4, -0.2) is 20.4 Å². The first kappa shape index (κ1) is 16.4. The fourth-order valence-corrected chi connectivity index (χ4v) is 3.92. The highest BCUT2D eigenvalue weighted by molar-refractivity contribution is 14.1. The van der Waals surface area contributed by atoms with Gasteiger partial charge in [-0.25, -0.2) is 13.1 Å². The largest absolute Gasteiger partial charge is 0.321 e. The lowest BCUT2D eigenvalue weighted by Crippen LogP contribution is -2.26. The Labute approximate surface area is 148 Å². The van der Waals surface area contributed by atoms with Crippen LogP contribution in [0, 0.1) is 3.57 Å². The van der Waals surface area contributed by atoms with Crippen molar-refractivity contribution < 1.29 is 13.2 Å². The number of halogens is 1. The third kappa shape index (κ3) is 4.10. The van der Waals surface area contributed by atoms with Crippen molar-refractivity contribution in [1.82, 2.24) is 4.72 Å². The van der Waals surface area contributed by atoms with E-state index in [1.807, 2.05) is 18.2 Å². The maximum Gasteiger partial charge on any atom is 0.255 e. The molecule has 0 unspecified atom stereocenters. The summed E-state index contributed by atoms with van der Waals surface area (Å²) in [7, 11) is -3.57. The van der Waals surface area contributed by atoms with Gasteiger partial charge in [0.1, 0.15) is 0 Å². The van der Waals surface area contributed by atoms with Gasteiger partial charge in [0.15, 0.2) is 0 Å². The van der Waals surface area contributed by atoms with Gasteiger partial charge in [-0.1, -0.05) is 18.2 Å². The second-order valence-corrected chi connectivity index (χ2v) is 8.23. The molecule has 23 heavy (non-hydrogen) atoms. The van der Waals surface area contributed by atoms with Crippen LogP contribution in [0.2, 0.25) is 0 Å². The molecule has 0 heterocycles. The summed E-state index contributed by atoms with van der Waals surface area (Å²) in [5.74, 6) is -0.336. The fraction of sp³-hybridized carbons (Fsp3) is 0.188. The van der Waals surface area contributed by atoms with Crippen LogP contribution in [0.5, 0.6) is 0 Å². The van der Waals surface area contributed by atoms with Gasteiger partial charge < -0.3 is 5.32 Å². The molecule has 1 aliphatic rings. The van der Waals surface area contributed by atoms with E-state index >= 15 is 0 Å². The van der Waals surface area contributed by atoms with Crippen molar-refractivity contribution in [1.29, 1.82) is 0 Å². The first-order valence-electron chi connectivity index (χ1n) is 7.14. The number of nitrogens with one attached hydrogen (secondary N) is 2. The van der Waals surface area contributed by atoms with Gasteiger partial charge in [-0.05, 0) is 65.8 Å². The molecule has 1 saturated carbocycles. The fourth-order valence-electron chi connectivity index (χ4n) is 2.05. The average Bonchev–Trinajstić information content (AvgIpc) is 3.33. The van der Waals surface area contributed by atoms with E-state index in [0.29, 0.717) is 11.3 Å². The number of carbonyl (C=O) groups excluding carboxylic acids is 1. The number of amides is 1. The predicted octanol–water partition coefficient (Wildman–Crippen LogP) is 2.98. The Balaban J connectivity index is 1.81. The van der Waals surface area contributed by atoms with E-state index in [4.69, 9.17) is 0 Å². The van der Waals surface area contributed by atoms with E-state index in [1.165, 1.54) is 12.1 Å². The lowest BCUT2D eigenvalue weighted by Gasteiger charge is -2.09. The molecule has 0 radical (unpaired) electrons. The van der Waals surface area contributed by atoms with Crippen LogP contribution in [0.25, 0.3) is 0 Å². The molecule has 1 amide bonds. The molecule has 5 nitrogen and oxygen atoms in total. The average molecular weight is 442 g/mol. The molecule has 0 spiro atoms. The number of benzene rings is 2. The normalized spacial score (nSPS) is 14.5. The van der Waals surface area contributed by atoms with Gasteiger partial charge in [0.05, 0.1) is 10.6 Å². The summed E-state index contributed by atoms with van der Waals surface area (Å²) in [6.07, 6.45) is 1.73. The summed E-state index contributed by atoms with van der Waals surface area (Å²) in [6, 6.07) is 13.5. The van der Waals surface area contributed by atoms with Crippen molar-refractivity contribution in [2.24, 2.45) is 0 Å². The minimum absolute atomic E-state index is 0.0309. The lowest BCUT2D eigenvalue weighted by atomic mass is 10.2. The van der Waals surface area contributed by atoms with Crippen LogP contribution in [0.15, 0.2) is 53.4 Å². The maximum absolute atomic E-state index is 12.4. The summed E-state index contributed by atoms with van der Waals surface area (Å²) in [5, 5.41) is 2.80. The second-order valence-electron chi connectivity index (χ2n) is 5.36. The molecule has 2 aromatic carbocycles. The Morgan fingerprint density at radius 2 is 1.83 bits per heavy atom.